The first-order valence-electron chi connectivity index (χ1n) is 9.62. The Labute approximate surface area is 165 Å². The first-order valence-corrected chi connectivity index (χ1v) is 11.2. The first-order chi connectivity index (χ1) is 13.4. The maximum absolute atomic E-state index is 13.0. The van der Waals surface area contributed by atoms with Gasteiger partial charge in [0.1, 0.15) is 11.9 Å². The van der Waals surface area contributed by atoms with E-state index >= 15 is 0 Å². The molecule has 1 aromatic carbocycles. The standard InChI is InChI=1S/C19H27N5O3S/c1-3-12-28(26,27)24-11-7-10-16(13-24)19(25)21-17(15-8-5-4-6-9-15)18-20-14(2)22-23-18/h4-6,8-9,16-17H,3,7,10-13H2,1-2H3,(H,21,25)(H,20,22,23). The smallest absolute Gasteiger partial charge is 0.225 e. The van der Waals surface area contributed by atoms with Gasteiger partial charge >= 0.3 is 0 Å². The molecule has 8 nitrogen and oxygen atoms in total. The Morgan fingerprint density at radius 3 is 2.75 bits per heavy atom. The van der Waals surface area contributed by atoms with Crippen molar-refractivity contribution >= 4 is 15.9 Å². The predicted octanol–water partition coefficient (Wildman–Crippen LogP) is 1.77. The van der Waals surface area contributed by atoms with Gasteiger partial charge in [0.15, 0.2) is 5.82 Å². The summed E-state index contributed by atoms with van der Waals surface area (Å²) in [5.74, 6) is 0.715. The summed E-state index contributed by atoms with van der Waals surface area (Å²) in [5.41, 5.74) is 0.876. The van der Waals surface area contributed by atoms with Crippen LogP contribution in [0.1, 0.15) is 49.4 Å². The number of carbonyl (C=O) groups is 1. The molecule has 1 saturated heterocycles. The minimum Gasteiger partial charge on any atom is -0.342 e. The number of aryl methyl sites for hydroxylation is 1. The van der Waals surface area contributed by atoms with Crippen molar-refractivity contribution < 1.29 is 13.2 Å². The van der Waals surface area contributed by atoms with E-state index in [1.807, 2.05) is 37.3 Å². The summed E-state index contributed by atoms with van der Waals surface area (Å²) in [7, 11) is -3.31. The number of hydrogen-bond acceptors (Lipinski definition) is 5. The van der Waals surface area contributed by atoms with Gasteiger partial charge in [-0.1, -0.05) is 37.3 Å². The zero-order chi connectivity index (χ0) is 20.1. The van der Waals surface area contributed by atoms with E-state index in [2.05, 4.69) is 20.5 Å². The van der Waals surface area contributed by atoms with Crippen LogP contribution in [0.5, 0.6) is 0 Å². The van der Waals surface area contributed by atoms with Crippen molar-refractivity contribution in [2.75, 3.05) is 18.8 Å². The van der Waals surface area contributed by atoms with E-state index < -0.39 is 16.1 Å². The molecule has 2 aromatic rings. The number of nitrogens with zero attached hydrogens (tertiary/aromatic N) is 3. The Balaban J connectivity index is 1.77. The molecule has 0 radical (unpaired) electrons. The molecule has 1 amide bonds. The lowest BCUT2D eigenvalue weighted by Crippen LogP contribution is -2.46. The van der Waals surface area contributed by atoms with Gasteiger partial charge in [0.2, 0.25) is 15.9 Å². The first kappa shape index (κ1) is 20.5. The maximum atomic E-state index is 13.0. The number of hydrogen-bond donors (Lipinski definition) is 2. The minimum atomic E-state index is -3.31. The fourth-order valence-electron chi connectivity index (χ4n) is 3.49. The SMILES string of the molecule is CCCS(=O)(=O)N1CCCC(C(=O)NC(c2ccccc2)c2n[nH]c(C)n2)C1. The third kappa shape index (κ3) is 4.77. The fourth-order valence-corrected chi connectivity index (χ4v) is 5.08. The summed E-state index contributed by atoms with van der Waals surface area (Å²) < 4.78 is 26.2. The van der Waals surface area contributed by atoms with Crippen LogP contribution in [0.3, 0.4) is 0 Å². The van der Waals surface area contributed by atoms with Crippen molar-refractivity contribution in [2.45, 2.75) is 39.2 Å². The molecule has 2 N–H and O–H groups in total. The van der Waals surface area contributed by atoms with E-state index in [0.29, 0.717) is 37.5 Å². The number of aromatic amines is 1. The third-order valence-corrected chi connectivity index (χ3v) is 6.95. The van der Waals surface area contributed by atoms with Crippen LogP contribution in [0.25, 0.3) is 0 Å². The molecule has 0 aliphatic carbocycles. The highest BCUT2D eigenvalue weighted by Gasteiger charge is 2.33. The van der Waals surface area contributed by atoms with Crippen LogP contribution in [0.15, 0.2) is 30.3 Å². The van der Waals surface area contributed by atoms with Crippen molar-refractivity contribution in [1.29, 1.82) is 0 Å². The largest absolute Gasteiger partial charge is 0.342 e. The highest BCUT2D eigenvalue weighted by Crippen LogP contribution is 2.23. The molecule has 3 rings (SSSR count). The molecule has 9 heteroatoms. The van der Waals surface area contributed by atoms with Gasteiger partial charge < -0.3 is 5.32 Å². The topological polar surface area (TPSA) is 108 Å². The number of piperidine rings is 1. The van der Waals surface area contributed by atoms with Crippen molar-refractivity contribution in [3.63, 3.8) is 0 Å². The van der Waals surface area contributed by atoms with Gasteiger partial charge in [-0.2, -0.15) is 5.10 Å². The lowest BCUT2D eigenvalue weighted by molar-refractivity contribution is -0.126. The van der Waals surface area contributed by atoms with Gasteiger partial charge in [0.25, 0.3) is 0 Å². The molecule has 28 heavy (non-hydrogen) atoms. The molecular formula is C19H27N5O3S. The molecular weight excluding hydrogens is 378 g/mol. The molecule has 2 heterocycles. The zero-order valence-corrected chi connectivity index (χ0v) is 17.1. The summed E-state index contributed by atoms with van der Waals surface area (Å²) >= 11 is 0. The number of benzene rings is 1. The van der Waals surface area contributed by atoms with E-state index in [0.717, 1.165) is 5.56 Å². The van der Waals surface area contributed by atoms with Gasteiger partial charge in [-0.3, -0.25) is 9.89 Å². The van der Waals surface area contributed by atoms with Crippen LogP contribution in [-0.4, -0.2) is 52.7 Å². The van der Waals surface area contributed by atoms with Crippen molar-refractivity contribution in [3.05, 3.63) is 47.5 Å². The van der Waals surface area contributed by atoms with E-state index in [1.54, 1.807) is 6.92 Å². The van der Waals surface area contributed by atoms with Crippen molar-refractivity contribution in [3.8, 4) is 0 Å². The monoisotopic (exact) mass is 405 g/mol. The van der Waals surface area contributed by atoms with Gasteiger partial charge in [0, 0.05) is 13.1 Å². The maximum Gasteiger partial charge on any atom is 0.225 e. The van der Waals surface area contributed by atoms with Crippen LogP contribution in [0.4, 0.5) is 0 Å². The lowest BCUT2D eigenvalue weighted by Gasteiger charge is -2.32. The minimum absolute atomic E-state index is 0.116. The highest BCUT2D eigenvalue weighted by molar-refractivity contribution is 7.89. The highest BCUT2D eigenvalue weighted by atomic mass is 32.2. The Bertz CT molecular complexity index is 897. The summed E-state index contributed by atoms with van der Waals surface area (Å²) in [6.45, 7) is 4.35. The average molecular weight is 406 g/mol. The number of rotatable bonds is 7. The Hall–Kier alpha value is -2.26. The van der Waals surface area contributed by atoms with Crippen LogP contribution in [0.2, 0.25) is 0 Å². The van der Waals surface area contributed by atoms with Gasteiger partial charge in [-0.15, -0.1) is 0 Å². The summed E-state index contributed by atoms with van der Waals surface area (Å²) in [5, 5.41) is 10.1. The molecule has 1 aliphatic rings. The zero-order valence-electron chi connectivity index (χ0n) is 16.3. The second-order valence-electron chi connectivity index (χ2n) is 7.14. The van der Waals surface area contributed by atoms with Crippen LogP contribution in [-0.2, 0) is 14.8 Å². The average Bonchev–Trinajstić information content (AvgIpc) is 3.12. The van der Waals surface area contributed by atoms with Crippen molar-refractivity contribution in [2.24, 2.45) is 5.92 Å². The number of sulfonamides is 1. The molecule has 1 fully saturated rings. The third-order valence-electron chi connectivity index (χ3n) is 4.90. The quantitative estimate of drug-likeness (QED) is 0.730. The van der Waals surface area contributed by atoms with Crippen LogP contribution < -0.4 is 5.32 Å². The van der Waals surface area contributed by atoms with Gasteiger partial charge in [0.05, 0.1) is 11.7 Å². The second-order valence-corrected chi connectivity index (χ2v) is 9.23. The van der Waals surface area contributed by atoms with Crippen LogP contribution in [0, 0.1) is 12.8 Å². The number of nitrogens with one attached hydrogen (secondary N) is 2. The molecule has 2 atom stereocenters. The van der Waals surface area contributed by atoms with Crippen molar-refractivity contribution in [1.82, 2.24) is 24.8 Å². The number of amides is 1. The molecule has 152 valence electrons. The molecule has 1 aliphatic heterocycles. The Morgan fingerprint density at radius 2 is 2.11 bits per heavy atom. The lowest BCUT2D eigenvalue weighted by atomic mass is 9.97. The molecule has 2 unspecified atom stereocenters. The van der Waals surface area contributed by atoms with E-state index in [4.69, 9.17) is 0 Å². The Kier molecular flexibility index (Phi) is 6.46. The van der Waals surface area contributed by atoms with E-state index in [-0.39, 0.29) is 24.1 Å². The van der Waals surface area contributed by atoms with Crippen LogP contribution >= 0.6 is 0 Å². The summed E-state index contributed by atoms with van der Waals surface area (Å²) in [6, 6.07) is 9.04. The van der Waals surface area contributed by atoms with E-state index in [1.165, 1.54) is 4.31 Å². The second kappa shape index (κ2) is 8.83. The normalized spacial score (nSPS) is 19.3. The molecule has 0 bridgehead atoms. The summed E-state index contributed by atoms with van der Waals surface area (Å²) in [4.78, 5) is 17.4. The molecule has 0 saturated carbocycles. The van der Waals surface area contributed by atoms with E-state index in [9.17, 15) is 13.2 Å². The van der Waals surface area contributed by atoms with Gasteiger partial charge in [-0.25, -0.2) is 17.7 Å². The Morgan fingerprint density at radius 1 is 1.36 bits per heavy atom. The molecule has 0 spiro atoms. The number of H-pyrrole nitrogens is 1. The number of carbonyl (C=O) groups excluding carboxylic acids is 1. The predicted molar refractivity (Wildman–Crippen MR) is 106 cm³/mol. The number of aromatic nitrogens is 3. The fraction of sp³-hybridized carbons (Fsp3) is 0.526. The summed E-state index contributed by atoms with van der Waals surface area (Å²) in [6.07, 6.45) is 1.91. The molecule has 1 aromatic heterocycles. The van der Waals surface area contributed by atoms with Gasteiger partial charge in [-0.05, 0) is 31.7 Å².